The van der Waals surface area contributed by atoms with E-state index in [1.54, 1.807) is 25.1 Å². The molecule has 0 spiro atoms. The Morgan fingerprint density at radius 2 is 1.86 bits per heavy atom. The molecular weight excluding hydrogens is 276 g/mol. The number of ether oxygens (including phenoxy) is 2. The van der Waals surface area contributed by atoms with Crippen LogP contribution in [0, 0.1) is 11.6 Å². The molecule has 0 aliphatic carbocycles. The number of benzene rings is 2. The lowest BCUT2D eigenvalue weighted by atomic mass is 10.1. The van der Waals surface area contributed by atoms with Gasteiger partial charge in [-0.1, -0.05) is 12.1 Å². The van der Waals surface area contributed by atoms with Gasteiger partial charge < -0.3 is 15.2 Å². The molecule has 0 amide bonds. The molecular formula is C16H17F2NO2. The summed E-state index contributed by atoms with van der Waals surface area (Å²) in [5, 5.41) is 0. The van der Waals surface area contributed by atoms with Crippen molar-refractivity contribution in [1.82, 2.24) is 0 Å². The van der Waals surface area contributed by atoms with E-state index in [9.17, 15) is 8.78 Å². The zero-order chi connectivity index (χ0) is 15.4. The van der Waals surface area contributed by atoms with Crippen LogP contribution >= 0.6 is 0 Å². The highest BCUT2D eigenvalue weighted by atomic mass is 19.1. The van der Waals surface area contributed by atoms with Gasteiger partial charge in [0.15, 0.2) is 11.6 Å². The van der Waals surface area contributed by atoms with E-state index in [1.807, 2.05) is 0 Å². The molecule has 0 saturated carbocycles. The summed E-state index contributed by atoms with van der Waals surface area (Å²) in [7, 11) is 1.40. The first-order chi connectivity index (χ1) is 10.0. The van der Waals surface area contributed by atoms with Gasteiger partial charge in [0.1, 0.15) is 18.2 Å². The van der Waals surface area contributed by atoms with Crippen molar-refractivity contribution < 1.29 is 18.3 Å². The first kappa shape index (κ1) is 15.3. The van der Waals surface area contributed by atoms with Gasteiger partial charge in [0.25, 0.3) is 0 Å². The first-order valence-electron chi connectivity index (χ1n) is 6.51. The molecule has 3 nitrogen and oxygen atoms in total. The zero-order valence-corrected chi connectivity index (χ0v) is 11.9. The monoisotopic (exact) mass is 293 g/mol. The highest BCUT2D eigenvalue weighted by Gasteiger charge is 2.09. The van der Waals surface area contributed by atoms with E-state index in [0.29, 0.717) is 16.9 Å². The Kier molecular flexibility index (Phi) is 4.75. The highest BCUT2D eigenvalue weighted by molar-refractivity contribution is 5.32. The quantitative estimate of drug-likeness (QED) is 0.916. The van der Waals surface area contributed by atoms with Crippen LogP contribution in [0.25, 0.3) is 0 Å². The minimum absolute atomic E-state index is 0.137. The molecule has 0 saturated heterocycles. The van der Waals surface area contributed by atoms with Crippen LogP contribution in [-0.4, -0.2) is 7.11 Å². The van der Waals surface area contributed by atoms with Gasteiger partial charge in [-0.15, -0.1) is 0 Å². The minimum Gasteiger partial charge on any atom is -0.494 e. The number of hydrogen-bond donors (Lipinski definition) is 1. The van der Waals surface area contributed by atoms with Crippen molar-refractivity contribution in [3.8, 4) is 11.5 Å². The van der Waals surface area contributed by atoms with Crippen LogP contribution in [0.15, 0.2) is 36.4 Å². The number of rotatable bonds is 5. The molecule has 0 fully saturated rings. The van der Waals surface area contributed by atoms with Gasteiger partial charge in [0.2, 0.25) is 0 Å². The number of halogens is 2. The minimum atomic E-state index is -0.461. The first-order valence-corrected chi connectivity index (χ1v) is 6.51. The third-order valence-electron chi connectivity index (χ3n) is 3.08. The highest BCUT2D eigenvalue weighted by Crippen LogP contribution is 2.22. The molecule has 0 radical (unpaired) electrons. The fourth-order valence-corrected chi connectivity index (χ4v) is 1.93. The Hall–Kier alpha value is -2.14. The molecule has 0 unspecified atom stereocenters. The Balaban J connectivity index is 2.06. The van der Waals surface area contributed by atoms with E-state index in [2.05, 4.69) is 0 Å². The molecule has 0 heterocycles. The largest absolute Gasteiger partial charge is 0.494 e. The van der Waals surface area contributed by atoms with Crippen molar-refractivity contribution in [3.63, 3.8) is 0 Å². The van der Waals surface area contributed by atoms with Crippen LogP contribution < -0.4 is 15.2 Å². The fraction of sp³-hybridized carbons (Fsp3) is 0.250. The van der Waals surface area contributed by atoms with Crippen LogP contribution in [0.2, 0.25) is 0 Å². The predicted octanol–water partition coefficient (Wildman–Crippen LogP) is 3.57. The maximum Gasteiger partial charge on any atom is 0.165 e. The average molecular weight is 293 g/mol. The summed E-state index contributed by atoms with van der Waals surface area (Å²) < 4.78 is 37.6. The molecule has 2 N–H and O–H groups in total. The lowest BCUT2D eigenvalue weighted by Gasteiger charge is -2.11. The molecule has 112 valence electrons. The summed E-state index contributed by atoms with van der Waals surface area (Å²) in [6.45, 7) is 1.84. The SMILES string of the molecule is COc1ccc(COc2ccc([C@@H](C)N)c(F)c2)cc1F. The fourth-order valence-electron chi connectivity index (χ4n) is 1.93. The van der Waals surface area contributed by atoms with Gasteiger partial charge in [-0.3, -0.25) is 0 Å². The molecule has 0 bridgehead atoms. The predicted molar refractivity (Wildman–Crippen MR) is 76.3 cm³/mol. The number of hydrogen-bond acceptors (Lipinski definition) is 3. The molecule has 0 aliphatic rings. The summed E-state index contributed by atoms with van der Waals surface area (Å²) in [5.41, 5.74) is 6.70. The third kappa shape index (κ3) is 3.70. The standard InChI is InChI=1S/C16H17F2NO2/c1-10(19)13-5-4-12(8-14(13)17)21-9-11-3-6-16(20-2)15(18)7-11/h3-8,10H,9,19H2,1-2H3/t10-/m1/s1. The van der Waals surface area contributed by atoms with Crippen LogP contribution in [-0.2, 0) is 6.61 Å². The summed E-state index contributed by atoms with van der Waals surface area (Å²) in [6, 6.07) is 8.66. The Morgan fingerprint density at radius 1 is 1.10 bits per heavy atom. The maximum absolute atomic E-state index is 13.8. The summed E-state index contributed by atoms with van der Waals surface area (Å²) in [5.74, 6) is -0.334. The lowest BCUT2D eigenvalue weighted by molar-refractivity contribution is 0.303. The molecule has 0 aromatic heterocycles. The van der Waals surface area contributed by atoms with Crippen molar-refractivity contribution in [2.24, 2.45) is 5.73 Å². The number of methoxy groups -OCH3 is 1. The van der Waals surface area contributed by atoms with Gasteiger partial charge in [0.05, 0.1) is 7.11 Å². The van der Waals surface area contributed by atoms with Gasteiger partial charge in [-0.2, -0.15) is 0 Å². The molecule has 2 aromatic carbocycles. The van der Waals surface area contributed by atoms with Crippen LogP contribution in [0.4, 0.5) is 8.78 Å². The van der Waals surface area contributed by atoms with Gasteiger partial charge in [-0.05, 0) is 30.7 Å². The van der Waals surface area contributed by atoms with Crippen LogP contribution in [0.5, 0.6) is 11.5 Å². The smallest absolute Gasteiger partial charge is 0.165 e. The Bertz CT molecular complexity index is 630. The van der Waals surface area contributed by atoms with E-state index in [4.69, 9.17) is 15.2 Å². The second kappa shape index (κ2) is 6.54. The van der Waals surface area contributed by atoms with E-state index < -0.39 is 11.6 Å². The van der Waals surface area contributed by atoms with Gasteiger partial charge >= 0.3 is 0 Å². The topological polar surface area (TPSA) is 44.5 Å². The molecule has 21 heavy (non-hydrogen) atoms. The van der Waals surface area contributed by atoms with Crippen molar-refractivity contribution in [3.05, 3.63) is 59.2 Å². The van der Waals surface area contributed by atoms with E-state index >= 15 is 0 Å². The molecule has 2 rings (SSSR count). The lowest BCUT2D eigenvalue weighted by Crippen LogP contribution is -2.07. The van der Waals surface area contributed by atoms with Crippen LogP contribution in [0.3, 0.4) is 0 Å². The van der Waals surface area contributed by atoms with Crippen molar-refractivity contribution in [2.45, 2.75) is 19.6 Å². The van der Waals surface area contributed by atoms with E-state index in [1.165, 1.54) is 25.3 Å². The molecule has 1 atom stereocenters. The molecule has 0 aliphatic heterocycles. The number of nitrogens with two attached hydrogens (primary N) is 1. The van der Waals surface area contributed by atoms with Gasteiger partial charge in [-0.25, -0.2) is 8.78 Å². The average Bonchev–Trinajstić information content (AvgIpc) is 2.45. The second-order valence-electron chi connectivity index (χ2n) is 4.73. The van der Waals surface area contributed by atoms with Gasteiger partial charge in [0, 0.05) is 17.7 Å². The van der Waals surface area contributed by atoms with Crippen molar-refractivity contribution in [1.29, 1.82) is 0 Å². The van der Waals surface area contributed by atoms with E-state index in [0.717, 1.165) is 0 Å². The maximum atomic E-state index is 13.8. The van der Waals surface area contributed by atoms with Crippen molar-refractivity contribution >= 4 is 0 Å². The van der Waals surface area contributed by atoms with Crippen molar-refractivity contribution in [2.75, 3.05) is 7.11 Å². The molecule has 5 heteroatoms. The Labute approximate surface area is 122 Å². The second-order valence-corrected chi connectivity index (χ2v) is 4.73. The summed E-state index contributed by atoms with van der Waals surface area (Å²) in [4.78, 5) is 0. The van der Waals surface area contributed by atoms with E-state index in [-0.39, 0.29) is 18.4 Å². The zero-order valence-electron chi connectivity index (χ0n) is 11.9. The summed E-state index contributed by atoms with van der Waals surface area (Å²) in [6.07, 6.45) is 0. The Morgan fingerprint density at radius 3 is 2.43 bits per heavy atom. The summed E-state index contributed by atoms with van der Waals surface area (Å²) >= 11 is 0. The molecule has 2 aromatic rings. The third-order valence-corrected chi connectivity index (χ3v) is 3.08. The van der Waals surface area contributed by atoms with Crippen LogP contribution in [0.1, 0.15) is 24.1 Å². The normalized spacial score (nSPS) is 12.0.